The quantitative estimate of drug-likeness (QED) is 0.858. The maximum absolute atomic E-state index is 12.7. The van der Waals surface area contributed by atoms with Crippen LogP contribution in [-0.4, -0.2) is 10.9 Å². The summed E-state index contributed by atoms with van der Waals surface area (Å²) >= 11 is 3.52. The van der Waals surface area contributed by atoms with E-state index in [1.165, 1.54) is 11.1 Å². The second kappa shape index (κ2) is 5.42. The van der Waals surface area contributed by atoms with Crippen molar-refractivity contribution in [3.63, 3.8) is 0 Å². The zero-order chi connectivity index (χ0) is 16.9. The van der Waals surface area contributed by atoms with Crippen LogP contribution in [0, 0.1) is 24.2 Å². The molecule has 1 spiro atoms. The Morgan fingerprint density at radius 3 is 3.04 bits per heavy atom. The number of nitrogens with zero attached hydrogens (tertiary/aromatic N) is 2. The number of amides is 1. The van der Waals surface area contributed by atoms with E-state index in [1.54, 1.807) is 12.1 Å². The zero-order valence-corrected chi connectivity index (χ0v) is 14.9. The van der Waals surface area contributed by atoms with Crippen molar-refractivity contribution in [3.05, 3.63) is 57.2 Å². The lowest BCUT2D eigenvalue weighted by atomic mass is 9.95. The third kappa shape index (κ3) is 2.33. The molecule has 120 valence electrons. The van der Waals surface area contributed by atoms with Crippen LogP contribution in [0.1, 0.15) is 35.2 Å². The van der Waals surface area contributed by atoms with E-state index in [0.29, 0.717) is 11.4 Å². The summed E-state index contributed by atoms with van der Waals surface area (Å²) in [5, 5.41) is 12.1. The minimum Gasteiger partial charge on any atom is -0.309 e. The Bertz CT molecular complexity index is 902. The van der Waals surface area contributed by atoms with Gasteiger partial charge in [0.2, 0.25) is 5.91 Å². The van der Waals surface area contributed by atoms with Gasteiger partial charge in [-0.3, -0.25) is 4.79 Å². The fourth-order valence-electron chi connectivity index (χ4n) is 3.92. The average molecular weight is 382 g/mol. The van der Waals surface area contributed by atoms with Gasteiger partial charge in [0.25, 0.3) is 0 Å². The molecule has 1 fully saturated rings. The first-order chi connectivity index (χ1) is 11.5. The molecule has 1 amide bonds. The van der Waals surface area contributed by atoms with Gasteiger partial charge in [0.05, 0.1) is 5.56 Å². The minimum atomic E-state index is -0.0335. The number of pyridine rings is 1. The van der Waals surface area contributed by atoms with Crippen molar-refractivity contribution in [1.29, 1.82) is 5.26 Å². The maximum atomic E-state index is 12.7. The van der Waals surface area contributed by atoms with E-state index in [1.807, 2.05) is 6.92 Å². The molecule has 0 aliphatic heterocycles. The summed E-state index contributed by atoms with van der Waals surface area (Å²) in [6.45, 7) is 1.85. The Labute approximate surface area is 149 Å². The lowest BCUT2D eigenvalue weighted by Gasteiger charge is -2.12. The molecule has 2 aliphatic rings. The lowest BCUT2D eigenvalue weighted by Crippen LogP contribution is -2.21. The zero-order valence-electron chi connectivity index (χ0n) is 13.3. The number of nitriles is 1. The number of benzene rings is 1. The topological polar surface area (TPSA) is 65.8 Å². The van der Waals surface area contributed by atoms with E-state index < -0.39 is 0 Å². The largest absolute Gasteiger partial charge is 0.309 e. The van der Waals surface area contributed by atoms with E-state index in [2.05, 4.69) is 50.5 Å². The summed E-state index contributed by atoms with van der Waals surface area (Å²) in [7, 11) is 0. The first kappa shape index (κ1) is 15.3. The van der Waals surface area contributed by atoms with E-state index in [4.69, 9.17) is 0 Å². The SMILES string of the molecule is Cc1ccc(C#N)c(NC(=O)C2CC23CCc2cc(Br)ccc23)n1. The number of aryl methyl sites for hydroxylation is 2. The maximum Gasteiger partial charge on any atom is 0.229 e. The molecule has 0 bridgehead atoms. The fourth-order valence-corrected chi connectivity index (χ4v) is 4.32. The standard InChI is InChI=1S/C19H16BrN3O/c1-11-2-3-13(10-21)17(22-11)23-18(24)16-9-19(16)7-6-12-8-14(20)4-5-15(12)19/h2-5,8,16H,6-7,9H2,1H3,(H,22,23,24). The molecule has 24 heavy (non-hydrogen) atoms. The van der Waals surface area contributed by atoms with Crippen molar-refractivity contribution in [2.75, 3.05) is 5.32 Å². The van der Waals surface area contributed by atoms with Crippen LogP contribution in [0.3, 0.4) is 0 Å². The Morgan fingerprint density at radius 1 is 1.42 bits per heavy atom. The highest BCUT2D eigenvalue weighted by Crippen LogP contribution is 2.61. The molecule has 0 radical (unpaired) electrons. The molecule has 5 heteroatoms. The Kier molecular flexibility index (Phi) is 3.47. The molecule has 1 N–H and O–H groups in total. The molecule has 1 aromatic carbocycles. The summed E-state index contributed by atoms with van der Waals surface area (Å²) in [5.74, 6) is 0.313. The number of fused-ring (bicyclic) bond motifs is 2. The highest BCUT2D eigenvalue weighted by Gasteiger charge is 2.61. The second-order valence-corrected chi connectivity index (χ2v) is 7.58. The van der Waals surface area contributed by atoms with Crippen LogP contribution in [0.2, 0.25) is 0 Å². The highest BCUT2D eigenvalue weighted by atomic mass is 79.9. The van der Waals surface area contributed by atoms with Crippen LogP contribution < -0.4 is 5.32 Å². The number of anilines is 1. The van der Waals surface area contributed by atoms with Crippen molar-refractivity contribution in [2.45, 2.75) is 31.6 Å². The minimum absolute atomic E-state index is 0.0171. The predicted octanol–water partition coefficient (Wildman–Crippen LogP) is 3.87. The summed E-state index contributed by atoms with van der Waals surface area (Å²) in [5.41, 5.74) is 3.82. The molecule has 2 unspecified atom stereocenters. The van der Waals surface area contributed by atoms with Crippen LogP contribution in [0.25, 0.3) is 0 Å². The van der Waals surface area contributed by atoms with E-state index in [-0.39, 0.29) is 17.2 Å². The van der Waals surface area contributed by atoms with Gasteiger partial charge < -0.3 is 5.32 Å². The third-order valence-electron chi connectivity index (χ3n) is 5.23. The van der Waals surface area contributed by atoms with Crippen molar-refractivity contribution < 1.29 is 4.79 Å². The van der Waals surface area contributed by atoms with Crippen molar-refractivity contribution in [3.8, 4) is 6.07 Å². The van der Waals surface area contributed by atoms with Crippen molar-refractivity contribution >= 4 is 27.7 Å². The van der Waals surface area contributed by atoms with Crippen molar-refractivity contribution in [2.24, 2.45) is 5.92 Å². The Hall–Kier alpha value is -2.19. The molecule has 2 atom stereocenters. The second-order valence-electron chi connectivity index (χ2n) is 6.66. The Balaban J connectivity index is 1.57. The van der Waals surface area contributed by atoms with Gasteiger partial charge in [-0.05, 0) is 61.6 Å². The smallest absolute Gasteiger partial charge is 0.229 e. The summed E-state index contributed by atoms with van der Waals surface area (Å²) in [6, 6.07) is 11.9. The fraction of sp³-hybridized carbons (Fsp3) is 0.316. The van der Waals surface area contributed by atoms with Gasteiger partial charge in [-0.15, -0.1) is 0 Å². The number of carbonyl (C=O) groups excluding carboxylic acids is 1. The number of halogens is 1. The molecule has 1 saturated carbocycles. The molecular formula is C19H16BrN3O. The lowest BCUT2D eigenvalue weighted by molar-refractivity contribution is -0.117. The van der Waals surface area contributed by atoms with Crippen LogP contribution in [0.5, 0.6) is 0 Å². The molecule has 1 aromatic heterocycles. The number of carbonyl (C=O) groups is 1. The van der Waals surface area contributed by atoms with E-state index in [9.17, 15) is 10.1 Å². The van der Waals surface area contributed by atoms with Gasteiger partial charge in [0.1, 0.15) is 6.07 Å². The third-order valence-corrected chi connectivity index (χ3v) is 5.73. The number of nitrogens with one attached hydrogen (secondary N) is 1. The normalized spacial score (nSPS) is 23.6. The van der Waals surface area contributed by atoms with Crippen LogP contribution >= 0.6 is 15.9 Å². The summed E-state index contributed by atoms with van der Waals surface area (Å²) in [6.07, 6.45) is 2.91. The first-order valence-electron chi connectivity index (χ1n) is 8.01. The van der Waals surface area contributed by atoms with Crippen LogP contribution in [0.4, 0.5) is 5.82 Å². The molecule has 1 heterocycles. The predicted molar refractivity (Wildman–Crippen MR) is 94.6 cm³/mol. The monoisotopic (exact) mass is 381 g/mol. The van der Waals surface area contributed by atoms with Gasteiger partial charge in [0, 0.05) is 21.5 Å². The molecule has 2 aromatic rings. The van der Waals surface area contributed by atoms with Crippen molar-refractivity contribution in [1.82, 2.24) is 4.98 Å². The molecule has 4 rings (SSSR count). The first-order valence-corrected chi connectivity index (χ1v) is 8.80. The summed E-state index contributed by atoms with van der Waals surface area (Å²) in [4.78, 5) is 17.0. The van der Waals surface area contributed by atoms with Crippen LogP contribution in [-0.2, 0) is 16.6 Å². The molecular weight excluding hydrogens is 366 g/mol. The van der Waals surface area contributed by atoms with Gasteiger partial charge in [-0.1, -0.05) is 22.0 Å². The molecule has 0 saturated heterocycles. The van der Waals surface area contributed by atoms with Gasteiger partial charge in [0.15, 0.2) is 5.82 Å². The van der Waals surface area contributed by atoms with Gasteiger partial charge in [-0.2, -0.15) is 5.26 Å². The van der Waals surface area contributed by atoms with E-state index in [0.717, 1.165) is 29.4 Å². The van der Waals surface area contributed by atoms with Crippen LogP contribution in [0.15, 0.2) is 34.8 Å². The number of aromatic nitrogens is 1. The Morgan fingerprint density at radius 2 is 2.25 bits per heavy atom. The molecule has 2 aliphatic carbocycles. The number of hydrogen-bond donors (Lipinski definition) is 1. The number of hydrogen-bond acceptors (Lipinski definition) is 3. The average Bonchev–Trinajstić information content (AvgIpc) is 3.18. The van der Waals surface area contributed by atoms with Gasteiger partial charge in [-0.25, -0.2) is 4.98 Å². The highest BCUT2D eigenvalue weighted by molar-refractivity contribution is 9.10. The summed E-state index contributed by atoms with van der Waals surface area (Å²) < 4.78 is 1.09. The number of rotatable bonds is 2. The van der Waals surface area contributed by atoms with E-state index >= 15 is 0 Å². The van der Waals surface area contributed by atoms with Gasteiger partial charge >= 0.3 is 0 Å². The molecule has 4 nitrogen and oxygen atoms in total.